The Morgan fingerprint density at radius 3 is 2.39 bits per heavy atom. The van der Waals surface area contributed by atoms with Crippen molar-refractivity contribution in [1.29, 1.82) is 0 Å². The van der Waals surface area contributed by atoms with Crippen LogP contribution in [-0.4, -0.2) is 52.2 Å². The van der Waals surface area contributed by atoms with E-state index in [0.29, 0.717) is 25.1 Å². The molecule has 2 aromatic rings. The summed E-state index contributed by atoms with van der Waals surface area (Å²) >= 11 is 0. The van der Waals surface area contributed by atoms with Crippen LogP contribution in [0, 0.1) is 23.3 Å². The Balaban J connectivity index is 1.37. The zero-order valence-electron chi connectivity index (χ0n) is 19.8. The van der Waals surface area contributed by atoms with Gasteiger partial charge in [-0.3, -0.25) is 0 Å². The lowest BCUT2D eigenvalue weighted by Crippen LogP contribution is -2.46. The number of anilines is 1. The van der Waals surface area contributed by atoms with Gasteiger partial charge in [0.05, 0.1) is 17.8 Å². The maximum Gasteiger partial charge on any atom is 0.322 e. The topological polar surface area (TPSA) is 84.9 Å². The van der Waals surface area contributed by atoms with E-state index < -0.39 is 34.9 Å². The molecule has 0 aromatic heterocycles. The Bertz CT molecular complexity index is 1240. The van der Waals surface area contributed by atoms with Gasteiger partial charge in [0.2, 0.25) is 0 Å². The van der Waals surface area contributed by atoms with Crippen LogP contribution in [0.5, 0.6) is 0 Å². The summed E-state index contributed by atoms with van der Waals surface area (Å²) in [5.41, 5.74) is 0.376. The van der Waals surface area contributed by atoms with Gasteiger partial charge in [0, 0.05) is 31.7 Å². The Hall–Kier alpha value is -3.60. The van der Waals surface area contributed by atoms with E-state index in [1.54, 1.807) is 24.8 Å². The predicted molar refractivity (Wildman–Crippen MR) is 125 cm³/mol. The highest BCUT2D eigenvalue weighted by atomic mass is 19.2. The van der Waals surface area contributed by atoms with Gasteiger partial charge in [-0.25, -0.2) is 27.2 Å². The molecule has 0 radical (unpaired) electrons. The quantitative estimate of drug-likeness (QED) is 0.426. The van der Waals surface area contributed by atoms with Crippen LogP contribution in [-0.2, 0) is 13.1 Å². The molecular weight excluding hydrogens is 480 g/mol. The van der Waals surface area contributed by atoms with Crippen molar-refractivity contribution >= 4 is 23.3 Å². The second-order valence-corrected chi connectivity index (χ2v) is 9.50. The van der Waals surface area contributed by atoms with Crippen LogP contribution in [0.3, 0.4) is 0 Å². The van der Waals surface area contributed by atoms with E-state index in [1.165, 1.54) is 12.1 Å². The number of carbonyl (C=O) groups excluding carboxylic acids is 2. The molecule has 0 saturated heterocycles. The van der Waals surface area contributed by atoms with Crippen LogP contribution < -0.4 is 10.6 Å². The Morgan fingerprint density at radius 1 is 1.00 bits per heavy atom. The van der Waals surface area contributed by atoms with Crippen molar-refractivity contribution in [3.8, 4) is 0 Å². The van der Waals surface area contributed by atoms with Crippen molar-refractivity contribution in [3.05, 3.63) is 70.3 Å². The van der Waals surface area contributed by atoms with Gasteiger partial charge in [0.1, 0.15) is 5.82 Å². The lowest BCUT2D eigenvalue weighted by molar-refractivity contribution is 0.0798. The largest absolute Gasteiger partial charge is 0.389 e. The second-order valence-electron chi connectivity index (χ2n) is 9.50. The fraction of sp³-hybridized carbons (Fsp3) is 0.360. The Labute approximate surface area is 205 Å². The lowest BCUT2D eigenvalue weighted by Gasteiger charge is -2.28. The molecule has 11 heteroatoms. The van der Waals surface area contributed by atoms with E-state index in [-0.39, 0.29) is 42.5 Å². The highest BCUT2D eigenvalue weighted by Gasteiger charge is 2.30. The van der Waals surface area contributed by atoms with Crippen molar-refractivity contribution in [2.75, 3.05) is 25.0 Å². The summed E-state index contributed by atoms with van der Waals surface area (Å²) in [6.45, 7) is 3.63. The summed E-state index contributed by atoms with van der Waals surface area (Å²) in [7, 11) is 0. The van der Waals surface area contributed by atoms with E-state index in [2.05, 4.69) is 10.6 Å². The highest BCUT2D eigenvalue weighted by molar-refractivity contribution is 5.90. The van der Waals surface area contributed by atoms with E-state index in [9.17, 15) is 32.3 Å². The standard InChI is InChI=1S/C25H26F4N4O3/c1-25(2,36)13-30-23(34)32-7-5-14(6-8-32)15-3-4-20(18(26)9-15)31-24(35)33-11-16-10-19(27)22(29)21(28)17(16)12-33/h3-5,9-10,36H,6-8,11-13H2,1-2H3,(H,30,34)(H,31,35). The summed E-state index contributed by atoms with van der Waals surface area (Å²) < 4.78 is 55.7. The molecule has 0 unspecified atom stereocenters. The molecule has 0 bridgehead atoms. The SMILES string of the molecule is CC(C)(O)CNC(=O)N1CC=C(c2ccc(NC(=O)N3Cc4cc(F)c(F)c(F)c4C3)c(F)c2)CC1. The number of fused-ring (bicyclic) bond motifs is 1. The van der Waals surface area contributed by atoms with E-state index in [4.69, 9.17) is 0 Å². The number of aliphatic hydroxyl groups is 1. The van der Waals surface area contributed by atoms with Gasteiger partial charge in [-0.2, -0.15) is 0 Å². The molecule has 0 aliphatic carbocycles. The van der Waals surface area contributed by atoms with Gasteiger partial charge in [-0.15, -0.1) is 0 Å². The maximum atomic E-state index is 14.8. The number of carbonyl (C=O) groups is 2. The van der Waals surface area contributed by atoms with E-state index >= 15 is 0 Å². The van der Waals surface area contributed by atoms with Gasteiger partial charge in [0.25, 0.3) is 0 Å². The molecule has 0 spiro atoms. The molecule has 2 aromatic carbocycles. The van der Waals surface area contributed by atoms with Crippen molar-refractivity contribution in [2.45, 2.75) is 39.0 Å². The zero-order valence-corrected chi connectivity index (χ0v) is 19.8. The number of urea groups is 2. The minimum Gasteiger partial charge on any atom is -0.389 e. The van der Waals surface area contributed by atoms with E-state index in [1.807, 2.05) is 6.08 Å². The fourth-order valence-electron chi connectivity index (χ4n) is 4.12. The Morgan fingerprint density at radius 2 is 1.75 bits per heavy atom. The van der Waals surface area contributed by atoms with Gasteiger partial charge in [-0.1, -0.05) is 12.1 Å². The number of nitrogens with one attached hydrogen (secondary N) is 2. The normalized spacial score (nSPS) is 15.5. The van der Waals surface area contributed by atoms with Gasteiger partial charge >= 0.3 is 12.1 Å². The predicted octanol–water partition coefficient (Wildman–Crippen LogP) is 4.36. The van der Waals surface area contributed by atoms with Crippen LogP contribution in [0.4, 0.5) is 32.8 Å². The first-order valence-corrected chi connectivity index (χ1v) is 11.4. The van der Waals surface area contributed by atoms with Gasteiger partial charge in [-0.05, 0) is 55.2 Å². The number of nitrogens with zero attached hydrogens (tertiary/aromatic N) is 2. The maximum absolute atomic E-state index is 14.8. The third-order valence-corrected chi connectivity index (χ3v) is 6.10. The zero-order chi connectivity index (χ0) is 26.2. The smallest absolute Gasteiger partial charge is 0.322 e. The summed E-state index contributed by atoms with van der Waals surface area (Å²) in [6.07, 6.45) is 2.31. The molecule has 4 amide bonds. The summed E-state index contributed by atoms with van der Waals surface area (Å²) in [5, 5.41) is 14.8. The highest BCUT2D eigenvalue weighted by Crippen LogP contribution is 2.30. The first kappa shape index (κ1) is 25.5. The average Bonchev–Trinajstić information content (AvgIpc) is 3.26. The fourth-order valence-corrected chi connectivity index (χ4v) is 4.12. The molecule has 7 nitrogen and oxygen atoms in total. The summed E-state index contributed by atoms with van der Waals surface area (Å²) in [5.74, 6) is -4.94. The summed E-state index contributed by atoms with van der Waals surface area (Å²) in [4.78, 5) is 27.5. The van der Waals surface area contributed by atoms with Crippen LogP contribution in [0.2, 0.25) is 0 Å². The first-order chi connectivity index (χ1) is 16.9. The number of amides is 4. The van der Waals surface area contributed by atoms with Crippen LogP contribution in [0.15, 0.2) is 30.3 Å². The third kappa shape index (κ3) is 5.46. The van der Waals surface area contributed by atoms with Gasteiger partial charge < -0.3 is 25.5 Å². The number of halogens is 4. The number of hydrogen-bond donors (Lipinski definition) is 3. The molecule has 2 aliphatic heterocycles. The van der Waals surface area contributed by atoms with Crippen LogP contribution in [0.1, 0.15) is 37.0 Å². The van der Waals surface area contributed by atoms with Crippen molar-refractivity contribution in [1.82, 2.24) is 15.1 Å². The molecule has 36 heavy (non-hydrogen) atoms. The Kier molecular flexibility index (Phi) is 6.94. The van der Waals surface area contributed by atoms with Crippen molar-refractivity contribution < 1.29 is 32.3 Å². The molecule has 2 heterocycles. The first-order valence-electron chi connectivity index (χ1n) is 11.4. The number of rotatable bonds is 4. The second kappa shape index (κ2) is 9.81. The molecule has 3 N–H and O–H groups in total. The van der Waals surface area contributed by atoms with Crippen molar-refractivity contribution in [3.63, 3.8) is 0 Å². The third-order valence-electron chi connectivity index (χ3n) is 6.10. The molecule has 2 aliphatic rings. The molecule has 0 fully saturated rings. The molecular formula is C25H26F4N4O3. The molecule has 0 saturated carbocycles. The van der Waals surface area contributed by atoms with Crippen LogP contribution >= 0.6 is 0 Å². The monoisotopic (exact) mass is 506 g/mol. The number of benzene rings is 2. The van der Waals surface area contributed by atoms with Gasteiger partial charge in [0.15, 0.2) is 17.5 Å². The molecule has 0 atom stereocenters. The lowest BCUT2D eigenvalue weighted by atomic mass is 9.99. The summed E-state index contributed by atoms with van der Waals surface area (Å²) in [6, 6.07) is 4.13. The van der Waals surface area contributed by atoms with Crippen molar-refractivity contribution in [2.24, 2.45) is 0 Å². The average molecular weight is 507 g/mol. The minimum absolute atomic E-state index is 0.0958. The number of hydrogen-bond acceptors (Lipinski definition) is 3. The molecule has 192 valence electrons. The molecule has 4 rings (SSSR count). The van der Waals surface area contributed by atoms with Crippen LogP contribution in [0.25, 0.3) is 5.57 Å². The minimum atomic E-state index is -1.59. The van der Waals surface area contributed by atoms with E-state index in [0.717, 1.165) is 16.5 Å².